The van der Waals surface area contributed by atoms with E-state index in [9.17, 15) is 9.59 Å². The molecule has 1 saturated heterocycles. The number of hydrogen-bond donors (Lipinski definition) is 1. The molecule has 1 aliphatic heterocycles. The first-order valence-corrected chi connectivity index (χ1v) is 10.7. The first-order valence-electron chi connectivity index (χ1n) is 10.7. The standard InChI is InChI=1S/C23H35N3O2/c1-17-9-11-19(12-10-17)24-21(27)20(18-7-5-6-8-18)25-13-15-26(16-14-25)22(28)23(2,3)4/h9-12,18,20H,5-8,13-16H2,1-4H3,(H,24,27)/t20-/m1/s1. The molecule has 5 nitrogen and oxygen atoms in total. The van der Waals surface area contributed by atoms with Crippen molar-refractivity contribution in [1.29, 1.82) is 0 Å². The zero-order valence-electron chi connectivity index (χ0n) is 17.8. The molecule has 1 aromatic rings. The zero-order chi connectivity index (χ0) is 20.3. The fourth-order valence-corrected chi connectivity index (χ4v) is 4.48. The molecule has 1 aromatic carbocycles. The second-order valence-corrected chi connectivity index (χ2v) is 9.42. The van der Waals surface area contributed by atoms with Crippen molar-refractivity contribution >= 4 is 17.5 Å². The Morgan fingerprint density at radius 1 is 1.00 bits per heavy atom. The number of anilines is 1. The van der Waals surface area contributed by atoms with Gasteiger partial charge in [-0.05, 0) is 37.8 Å². The van der Waals surface area contributed by atoms with Crippen LogP contribution in [0, 0.1) is 18.3 Å². The molecular weight excluding hydrogens is 350 g/mol. The number of piperazine rings is 1. The summed E-state index contributed by atoms with van der Waals surface area (Å²) in [4.78, 5) is 30.1. The minimum Gasteiger partial charge on any atom is -0.340 e. The van der Waals surface area contributed by atoms with Crippen LogP contribution in [0.3, 0.4) is 0 Å². The Labute approximate surface area is 169 Å². The molecule has 28 heavy (non-hydrogen) atoms. The van der Waals surface area contributed by atoms with E-state index in [4.69, 9.17) is 0 Å². The van der Waals surface area contributed by atoms with Crippen molar-refractivity contribution in [3.05, 3.63) is 29.8 Å². The van der Waals surface area contributed by atoms with Gasteiger partial charge in [-0.2, -0.15) is 0 Å². The maximum absolute atomic E-state index is 13.2. The second kappa shape index (κ2) is 8.64. The Hall–Kier alpha value is -1.88. The third-order valence-corrected chi connectivity index (χ3v) is 6.07. The summed E-state index contributed by atoms with van der Waals surface area (Å²) in [6, 6.07) is 7.89. The van der Waals surface area contributed by atoms with Gasteiger partial charge in [-0.1, -0.05) is 51.3 Å². The van der Waals surface area contributed by atoms with Crippen LogP contribution in [-0.4, -0.2) is 53.8 Å². The molecular formula is C23H35N3O2. The lowest BCUT2D eigenvalue weighted by Gasteiger charge is -2.42. The van der Waals surface area contributed by atoms with Crippen molar-refractivity contribution in [2.24, 2.45) is 11.3 Å². The zero-order valence-corrected chi connectivity index (χ0v) is 17.8. The van der Waals surface area contributed by atoms with Gasteiger partial charge in [0.25, 0.3) is 0 Å². The highest BCUT2D eigenvalue weighted by Crippen LogP contribution is 2.32. The van der Waals surface area contributed by atoms with E-state index in [1.54, 1.807) is 0 Å². The summed E-state index contributed by atoms with van der Waals surface area (Å²) in [6.07, 6.45) is 4.66. The smallest absolute Gasteiger partial charge is 0.242 e. The molecule has 154 valence electrons. The summed E-state index contributed by atoms with van der Waals surface area (Å²) in [7, 11) is 0. The van der Waals surface area contributed by atoms with Crippen molar-refractivity contribution in [2.75, 3.05) is 31.5 Å². The molecule has 1 heterocycles. The minimum atomic E-state index is -0.351. The van der Waals surface area contributed by atoms with Crippen LogP contribution >= 0.6 is 0 Å². The van der Waals surface area contributed by atoms with E-state index in [1.165, 1.54) is 18.4 Å². The van der Waals surface area contributed by atoms with Gasteiger partial charge >= 0.3 is 0 Å². The highest BCUT2D eigenvalue weighted by atomic mass is 16.2. The summed E-state index contributed by atoms with van der Waals surface area (Å²) in [5.41, 5.74) is 1.70. The molecule has 1 aliphatic carbocycles. The van der Waals surface area contributed by atoms with Crippen LogP contribution in [0.1, 0.15) is 52.0 Å². The van der Waals surface area contributed by atoms with Crippen molar-refractivity contribution in [3.63, 3.8) is 0 Å². The Balaban J connectivity index is 1.68. The monoisotopic (exact) mass is 385 g/mol. The number of benzene rings is 1. The quantitative estimate of drug-likeness (QED) is 0.860. The van der Waals surface area contributed by atoms with Crippen molar-refractivity contribution in [2.45, 2.75) is 59.4 Å². The molecule has 2 aliphatic rings. The maximum Gasteiger partial charge on any atom is 0.242 e. The number of nitrogens with zero attached hydrogens (tertiary/aromatic N) is 2. The van der Waals surface area contributed by atoms with Crippen LogP contribution in [0.15, 0.2) is 24.3 Å². The number of carbonyl (C=O) groups excluding carboxylic acids is 2. The van der Waals surface area contributed by atoms with Gasteiger partial charge in [0.1, 0.15) is 0 Å². The molecule has 1 saturated carbocycles. The van der Waals surface area contributed by atoms with Crippen LogP contribution in [-0.2, 0) is 9.59 Å². The lowest BCUT2D eigenvalue weighted by Crippen LogP contribution is -2.58. The van der Waals surface area contributed by atoms with E-state index >= 15 is 0 Å². The molecule has 0 aromatic heterocycles. The van der Waals surface area contributed by atoms with E-state index in [1.807, 2.05) is 56.9 Å². The van der Waals surface area contributed by atoms with E-state index in [0.29, 0.717) is 19.0 Å². The third-order valence-electron chi connectivity index (χ3n) is 6.07. The Bertz CT molecular complexity index is 679. The Morgan fingerprint density at radius 3 is 2.11 bits per heavy atom. The van der Waals surface area contributed by atoms with Crippen LogP contribution in [0.5, 0.6) is 0 Å². The van der Waals surface area contributed by atoms with Gasteiger partial charge in [-0.15, -0.1) is 0 Å². The molecule has 0 radical (unpaired) electrons. The van der Waals surface area contributed by atoms with Crippen molar-refractivity contribution in [1.82, 2.24) is 9.80 Å². The van der Waals surface area contributed by atoms with E-state index < -0.39 is 0 Å². The van der Waals surface area contributed by atoms with Crippen LogP contribution in [0.25, 0.3) is 0 Å². The Kier molecular flexibility index (Phi) is 6.43. The van der Waals surface area contributed by atoms with Gasteiger partial charge in [-0.25, -0.2) is 0 Å². The number of rotatable bonds is 4. The predicted molar refractivity (Wildman–Crippen MR) is 113 cm³/mol. The van der Waals surface area contributed by atoms with Gasteiger partial charge in [0.05, 0.1) is 6.04 Å². The number of aryl methyl sites for hydroxylation is 1. The number of amides is 2. The number of nitrogens with one attached hydrogen (secondary N) is 1. The normalized spacial score (nSPS) is 20.2. The summed E-state index contributed by atoms with van der Waals surface area (Å²) in [5, 5.41) is 3.14. The van der Waals surface area contributed by atoms with Crippen LogP contribution < -0.4 is 5.32 Å². The molecule has 1 N–H and O–H groups in total. The van der Waals surface area contributed by atoms with Gasteiger partial charge in [-0.3, -0.25) is 14.5 Å². The first-order chi connectivity index (χ1) is 13.3. The minimum absolute atomic E-state index is 0.101. The second-order valence-electron chi connectivity index (χ2n) is 9.42. The molecule has 1 atom stereocenters. The summed E-state index contributed by atoms with van der Waals surface area (Å²) in [6.45, 7) is 10.9. The fraction of sp³-hybridized carbons (Fsp3) is 0.652. The highest BCUT2D eigenvalue weighted by Gasteiger charge is 2.38. The average molecular weight is 386 g/mol. The predicted octanol–water partition coefficient (Wildman–Crippen LogP) is 3.68. The van der Waals surface area contributed by atoms with Crippen molar-refractivity contribution < 1.29 is 9.59 Å². The SMILES string of the molecule is Cc1ccc(NC(=O)[C@@H](C2CCCC2)N2CCN(C(=O)C(C)(C)C)CC2)cc1. The van der Waals surface area contributed by atoms with Crippen LogP contribution in [0.2, 0.25) is 0 Å². The highest BCUT2D eigenvalue weighted by molar-refractivity contribution is 5.95. The summed E-state index contributed by atoms with van der Waals surface area (Å²) < 4.78 is 0. The van der Waals surface area contributed by atoms with E-state index in [2.05, 4.69) is 10.2 Å². The molecule has 0 spiro atoms. The molecule has 0 unspecified atom stereocenters. The van der Waals surface area contributed by atoms with Gasteiger partial charge < -0.3 is 10.2 Å². The Morgan fingerprint density at radius 2 is 1.57 bits per heavy atom. The number of carbonyl (C=O) groups is 2. The molecule has 5 heteroatoms. The lowest BCUT2D eigenvalue weighted by molar-refractivity contribution is -0.142. The van der Waals surface area contributed by atoms with Gasteiger partial charge in [0.15, 0.2) is 0 Å². The van der Waals surface area contributed by atoms with Gasteiger partial charge in [0, 0.05) is 37.3 Å². The average Bonchev–Trinajstić information content (AvgIpc) is 3.17. The number of hydrogen-bond acceptors (Lipinski definition) is 3. The summed E-state index contributed by atoms with van der Waals surface area (Å²) in [5.74, 6) is 0.718. The molecule has 2 amide bonds. The topological polar surface area (TPSA) is 52.7 Å². The fourth-order valence-electron chi connectivity index (χ4n) is 4.48. The van der Waals surface area contributed by atoms with Gasteiger partial charge in [0.2, 0.25) is 11.8 Å². The molecule has 2 fully saturated rings. The third kappa shape index (κ3) is 4.93. The first kappa shape index (κ1) is 20.8. The summed E-state index contributed by atoms with van der Waals surface area (Å²) >= 11 is 0. The van der Waals surface area contributed by atoms with Crippen LogP contribution in [0.4, 0.5) is 5.69 Å². The lowest BCUT2D eigenvalue weighted by atomic mass is 9.93. The van der Waals surface area contributed by atoms with E-state index in [-0.39, 0.29) is 23.3 Å². The molecule has 3 rings (SSSR count). The molecule has 0 bridgehead atoms. The largest absolute Gasteiger partial charge is 0.340 e. The maximum atomic E-state index is 13.2. The van der Waals surface area contributed by atoms with Crippen molar-refractivity contribution in [3.8, 4) is 0 Å². The van der Waals surface area contributed by atoms with E-state index in [0.717, 1.165) is 31.6 Å².